The van der Waals surface area contributed by atoms with E-state index in [2.05, 4.69) is 4.57 Å². The first-order chi connectivity index (χ1) is 20.0. The van der Waals surface area contributed by atoms with Gasteiger partial charge in [0.15, 0.2) is 0 Å². The van der Waals surface area contributed by atoms with E-state index in [-0.39, 0.29) is 42.6 Å². The molecule has 42 heavy (non-hydrogen) atoms. The van der Waals surface area contributed by atoms with Crippen molar-refractivity contribution in [2.75, 3.05) is 0 Å². The summed E-state index contributed by atoms with van der Waals surface area (Å²) in [6.45, 7) is 5.79. The van der Waals surface area contributed by atoms with Crippen molar-refractivity contribution in [2.24, 2.45) is 0 Å². The monoisotopic (exact) mass is 575 g/mol. The van der Waals surface area contributed by atoms with Gasteiger partial charge in [-0.3, -0.25) is 4.79 Å². The number of aromatic nitrogens is 1. The number of nitrogens with zero attached hydrogens (tertiary/aromatic N) is 1. The number of halogens is 2. The predicted octanol–water partition coefficient (Wildman–Crippen LogP) is 6.98. The van der Waals surface area contributed by atoms with Gasteiger partial charge in [0.2, 0.25) is 0 Å². The van der Waals surface area contributed by atoms with Gasteiger partial charge >= 0.3 is 0 Å². The Morgan fingerprint density at radius 3 is 1.93 bits per heavy atom. The second-order valence-electron chi connectivity index (χ2n) is 11.3. The first-order valence-electron chi connectivity index (χ1n) is 14.4. The average molecular weight is 576 g/mol. The third-order valence-corrected chi connectivity index (χ3v) is 7.50. The van der Waals surface area contributed by atoms with Crippen molar-refractivity contribution in [1.29, 1.82) is 0 Å². The van der Waals surface area contributed by atoms with Crippen LogP contribution in [0.25, 0.3) is 22.4 Å². The third-order valence-electron chi connectivity index (χ3n) is 7.50. The van der Waals surface area contributed by atoms with Gasteiger partial charge in [0.05, 0.1) is 24.0 Å². The minimum absolute atomic E-state index is 0.0246. The molecule has 1 heterocycles. The zero-order valence-corrected chi connectivity index (χ0v) is 24.3. The highest BCUT2D eigenvalue weighted by atomic mass is 19.1. The summed E-state index contributed by atoms with van der Waals surface area (Å²) in [6.07, 6.45) is -2.08. The lowest BCUT2D eigenvalue weighted by Gasteiger charge is -2.21. The molecule has 0 spiro atoms. The number of aliphatic hydroxyl groups is 3. The van der Waals surface area contributed by atoms with Gasteiger partial charge in [-0.1, -0.05) is 56.3 Å². The van der Waals surface area contributed by atoms with E-state index in [4.69, 9.17) is 0 Å². The first kappa shape index (κ1) is 31.3. The van der Waals surface area contributed by atoms with E-state index in [0.29, 0.717) is 29.7 Å². The summed E-state index contributed by atoms with van der Waals surface area (Å²) in [7, 11) is 0. The van der Waals surface area contributed by atoms with Gasteiger partial charge in [0.1, 0.15) is 17.4 Å². The minimum atomic E-state index is -0.943. The molecule has 0 amide bonds. The van der Waals surface area contributed by atoms with E-state index in [1.54, 1.807) is 24.3 Å². The molecular formula is C35H39F2NO4. The molecule has 0 fully saturated rings. The summed E-state index contributed by atoms with van der Waals surface area (Å²) >= 11 is 0. The van der Waals surface area contributed by atoms with Gasteiger partial charge in [0, 0.05) is 36.2 Å². The highest BCUT2D eigenvalue weighted by Crippen LogP contribution is 2.45. The van der Waals surface area contributed by atoms with Gasteiger partial charge in [-0.15, -0.1) is 0 Å². The molecule has 1 unspecified atom stereocenters. The topological polar surface area (TPSA) is 82.7 Å². The Balaban J connectivity index is 1.90. The zero-order valence-electron chi connectivity index (χ0n) is 24.3. The van der Waals surface area contributed by atoms with E-state index in [9.17, 15) is 28.9 Å². The van der Waals surface area contributed by atoms with Gasteiger partial charge in [-0.2, -0.15) is 0 Å². The summed E-state index contributed by atoms with van der Waals surface area (Å²) in [6, 6.07) is 21.9. The lowest BCUT2D eigenvalue weighted by molar-refractivity contribution is -0.119. The average Bonchev–Trinajstić information content (AvgIpc) is 3.28. The van der Waals surface area contributed by atoms with E-state index < -0.39 is 18.3 Å². The Bertz CT molecular complexity index is 1460. The fraction of sp³-hybridized carbons (Fsp3) is 0.343. The van der Waals surface area contributed by atoms with Crippen molar-refractivity contribution in [1.82, 2.24) is 4.57 Å². The minimum Gasteiger partial charge on any atom is -0.393 e. The van der Waals surface area contributed by atoms with Gasteiger partial charge < -0.3 is 19.9 Å². The molecule has 0 saturated heterocycles. The first-order valence-corrected chi connectivity index (χ1v) is 14.4. The predicted molar refractivity (Wildman–Crippen MR) is 161 cm³/mol. The molecule has 3 N–H and O–H groups in total. The smallest absolute Gasteiger partial charge is 0.132 e. The fourth-order valence-electron chi connectivity index (χ4n) is 5.73. The van der Waals surface area contributed by atoms with Crippen LogP contribution < -0.4 is 0 Å². The molecule has 0 aliphatic carbocycles. The molecule has 3 atom stereocenters. The lowest BCUT2D eigenvalue weighted by Crippen LogP contribution is -2.22. The summed E-state index contributed by atoms with van der Waals surface area (Å²) < 4.78 is 30.2. The molecule has 0 aliphatic rings. The van der Waals surface area contributed by atoms with E-state index >= 15 is 0 Å². The van der Waals surface area contributed by atoms with Gasteiger partial charge in [0.25, 0.3) is 0 Å². The number of carbonyl (C=O) groups is 1. The van der Waals surface area contributed by atoms with Crippen molar-refractivity contribution >= 4 is 5.78 Å². The highest BCUT2D eigenvalue weighted by molar-refractivity contribution is 5.86. The van der Waals surface area contributed by atoms with Gasteiger partial charge in [-0.05, 0) is 78.8 Å². The van der Waals surface area contributed by atoms with E-state index in [1.807, 2.05) is 44.2 Å². The van der Waals surface area contributed by atoms with Crippen LogP contribution in [-0.4, -0.2) is 37.9 Å². The second kappa shape index (κ2) is 14.0. The Labute approximate surface area is 246 Å². The molecule has 7 heteroatoms. The maximum absolute atomic E-state index is 14.1. The summed E-state index contributed by atoms with van der Waals surface area (Å²) in [5, 5.41) is 32.9. The molecule has 1 aromatic heterocycles. The van der Waals surface area contributed by atoms with Crippen molar-refractivity contribution in [3.8, 4) is 22.4 Å². The quantitative estimate of drug-likeness (QED) is 0.161. The molecule has 4 aromatic rings. The van der Waals surface area contributed by atoms with Crippen molar-refractivity contribution < 1.29 is 28.9 Å². The van der Waals surface area contributed by atoms with E-state index in [0.717, 1.165) is 22.5 Å². The SMILES string of the molecule is CC(=O)C[C@H](O)C[C@H](O)CCn1c(-c2ccc(F)cc2)c(-c2ccc(F)cc2)c(C(O)Cc2ccccc2)c1C(C)C. The number of ketones is 1. The number of Topliss-reactive ketones (excluding diaryl/α,β-unsaturated/α-hetero) is 1. The molecular weight excluding hydrogens is 536 g/mol. The van der Waals surface area contributed by atoms with Crippen LogP contribution in [0.5, 0.6) is 0 Å². The number of rotatable bonds is 13. The zero-order chi connectivity index (χ0) is 30.4. The Hall–Kier alpha value is -3.65. The van der Waals surface area contributed by atoms with E-state index in [1.165, 1.54) is 31.2 Å². The number of hydrogen-bond donors (Lipinski definition) is 3. The summed E-state index contributed by atoms with van der Waals surface area (Å²) in [4.78, 5) is 11.4. The van der Waals surface area contributed by atoms with Crippen LogP contribution in [-0.2, 0) is 17.8 Å². The molecule has 222 valence electrons. The molecule has 0 aliphatic heterocycles. The highest BCUT2D eigenvalue weighted by Gasteiger charge is 2.30. The maximum Gasteiger partial charge on any atom is 0.132 e. The summed E-state index contributed by atoms with van der Waals surface area (Å²) in [5.74, 6) is -0.978. The normalized spacial score (nSPS) is 13.7. The molecule has 0 saturated carbocycles. The van der Waals surface area contributed by atoms with Crippen LogP contribution >= 0.6 is 0 Å². The largest absolute Gasteiger partial charge is 0.393 e. The van der Waals surface area contributed by atoms with Crippen LogP contribution in [0.4, 0.5) is 8.78 Å². The Morgan fingerprint density at radius 1 is 0.810 bits per heavy atom. The molecule has 5 nitrogen and oxygen atoms in total. The van der Waals surface area contributed by atoms with Crippen LogP contribution in [0.15, 0.2) is 78.9 Å². The third kappa shape index (κ3) is 7.59. The van der Waals surface area contributed by atoms with Gasteiger partial charge in [-0.25, -0.2) is 8.78 Å². The summed E-state index contributed by atoms with van der Waals surface area (Å²) in [5.41, 5.74) is 5.37. The number of aliphatic hydroxyl groups excluding tert-OH is 3. The Morgan fingerprint density at radius 2 is 1.38 bits per heavy atom. The van der Waals surface area contributed by atoms with Crippen molar-refractivity contribution in [3.05, 3.63) is 107 Å². The van der Waals surface area contributed by atoms with Crippen LogP contribution in [0.3, 0.4) is 0 Å². The fourth-order valence-corrected chi connectivity index (χ4v) is 5.73. The van der Waals surface area contributed by atoms with Crippen LogP contribution in [0.2, 0.25) is 0 Å². The van der Waals surface area contributed by atoms with Crippen LogP contribution in [0.1, 0.15) is 68.9 Å². The molecule has 0 radical (unpaired) electrons. The molecule has 3 aromatic carbocycles. The van der Waals surface area contributed by atoms with Crippen molar-refractivity contribution in [2.45, 2.75) is 77.2 Å². The number of benzene rings is 3. The number of carbonyl (C=O) groups excluding carboxylic acids is 1. The second-order valence-corrected chi connectivity index (χ2v) is 11.3. The molecule has 0 bridgehead atoms. The van der Waals surface area contributed by atoms with Crippen LogP contribution in [0, 0.1) is 11.6 Å². The maximum atomic E-state index is 14.1. The Kier molecular flexibility index (Phi) is 10.4. The standard InChI is InChI=1S/C35H39F2NO4/c1-22(2)34-33(31(42)20-24-7-5-4-6-8-24)32(25-9-13-27(36)14-10-25)35(26-11-15-28(37)16-12-26)38(34)18-17-29(40)21-30(41)19-23(3)39/h4-16,22,29-31,40-42H,17-21H2,1-3H3/t29-,30+,31?/m1/s1. The molecule has 4 rings (SSSR count). The number of hydrogen-bond acceptors (Lipinski definition) is 4. The lowest BCUT2D eigenvalue weighted by atomic mass is 9.89. The van der Waals surface area contributed by atoms with Crippen molar-refractivity contribution in [3.63, 3.8) is 0 Å².